The summed E-state index contributed by atoms with van der Waals surface area (Å²) in [5.41, 5.74) is 0.912. The van der Waals surface area contributed by atoms with Crippen molar-refractivity contribution in [3.05, 3.63) is 60.2 Å². The van der Waals surface area contributed by atoms with Gasteiger partial charge in [-0.1, -0.05) is 35.9 Å². The molecule has 0 unspecified atom stereocenters. The van der Waals surface area contributed by atoms with Crippen molar-refractivity contribution in [2.75, 3.05) is 15.8 Å². The minimum Gasteiger partial charge on any atom is -0.334 e. The molecule has 30 heavy (non-hydrogen) atoms. The Balaban J connectivity index is 1.86. The fourth-order valence-electron chi connectivity index (χ4n) is 3.02. The van der Waals surface area contributed by atoms with Crippen LogP contribution in [0.15, 0.2) is 59.5 Å². The summed E-state index contributed by atoms with van der Waals surface area (Å²) in [4.78, 5) is 24.9. The quantitative estimate of drug-likeness (QED) is 0.729. The van der Waals surface area contributed by atoms with Gasteiger partial charge in [-0.15, -0.1) is 0 Å². The van der Waals surface area contributed by atoms with E-state index in [9.17, 15) is 26.4 Å². The standard InChI is InChI=1S/C19H21N3O6S2/c1-14-7-9-16(10-8-14)22(30(27,28)17-5-3-2-4-6-17)19(24)21-18(23)20-15-11-12-29(25,26)13-15/h2-10,15H,11-13H2,1H3,(H2,20,21,23,24)/t15-/m1/s1. The molecule has 2 aromatic rings. The van der Waals surface area contributed by atoms with E-state index in [0.29, 0.717) is 4.31 Å². The third-order valence-electron chi connectivity index (χ3n) is 4.52. The molecule has 11 heteroatoms. The third-order valence-corrected chi connectivity index (χ3v) is 8.02. The van der Waals surface area contributed by atoms with E-state index in [4.69, 9.17) is 0 Å². The highest BCUT2D eigenvalue weighted by Gasteiger charge is 2.33. The zero-order valence-electron chi connectivity index (χ0n) is 16.1. The number of imide groups is 1. The summed E-state index contributed by atoms with van der Waals surface area (Å²) in [5.74, 6) is -0.275. The van der Waals surface area contributed by atoms with Gasteiger partial charge in [0, 0.05) is 6.04 Å². The first kappa shape index (κ1) is 21.8. The first-order valence-electron chi connectivity index (χ1n) is 9.07. The monoisotopic (exact) mass is 451 g/mol. The van der Waals surface area contributed by atoms with Crippen molar-refractivity contribution >= 4 is 37.6 Å². The Morgan fingerprint density at radius 1 is 1.03 bits per heavy atom. The van der Waals surface area contributed by atoms with Gasteiger partial charge in [0.2, 0.25) is 0 Å². The molecule has 0 spiro atoms. The number of anilines is 1. The van der Waals surface area contributed by atoms with Crippen LogP contribution >= 0.6 is 0 Å². The number of carbonyl (C=O) groups is 2. The number of urea groups is 2. The summed E-state index contributed by atoms with van der Waals surface area (Å²) >= 11 is 0. The molecule has 1 aliphatic rings. The lowest BCUT2D eigenvalue weighted by molar-refractivity contribution is 0.230. The van der Waals surface area contributed by atoms with Crippen molar-refractivity contribution in [1.29, 1.82) is 0 Å². The first-order valence-corrected chi connectivity index (χ1v) is 12.3. The van der Waals surface area contributed by atoms with Crippen molar-refractivity contribution < 1.29 is 26.4 Å². The second-order valence-corrected chi connectivity index (χ2v) is 10.9. The lowest BCUT2D eigenvalue weighted by Gasteiger charge is -2.23. The molecule has 1 aliphatic heterocycles. The number of nitrogens with zero attached hydrogens (tertiary/aromatic N) is 1. The molecule has 0 aromatic heterocycles. The number of sulfonamides is 1. The molecule has 1 atom stereocenters. The van der Waals surface area contributed by atoms with E-state index in [1.165, 1.54) is 36.4 Å². The smallest absolute Gasteiger partial charge is 0.334 e. The molecule has 3 rings (SSSR count). The Kier molecular flexibility index (Phi) is 6.13. The summed E-state index contributed by atoms with van der Waals surface area (Å²) in [7, 11) is -7.54. The normalized spacial score (nSPS) is 17.8. The molecule has 4 amide bonds. The highest BCUT2D eigenvalue weighted by molar-refractivity contribution is 7.93. The Morgan fingerprint density at radius 3 is 2.23 bits per heavy atom. The van der Waals surface area contributed by atoms with E-state index in [-0.39, 0.29) is 28.5 Å². The number of amides is 4. The summed E-state index contributed by atoms with van der Waals surface area (Å²) in [6.45, 7) is 1.81. The van der Waals surface area contributed by atoms with Crippen molar-refractivity contribution in [1.82, 2.24) is 10.6 Å². The SMILES string of the molecule is Cc1ccc(N(C(=O)NC(=O)N[C@@H]2CCS(=O)(=O)C2)S(=O)(=O)c2ccccc2)cc1. The summed E-state index contributed by atoms with van der Waals surface area (Å²) in [6.07, 6.45) is 0.230. The van der Waals surface area contributed by atoms with Crippen molar-refractivity contribution in [2.24, 2.45) is 0 Å². The molecule has 0 radical (unpaired) electrons. The maximum Gasteiger partial charge on any atom is 0.344 e. The highest BCUT2D eigenvalue weighted by atomic mass is 32.2. The van der Waals surface area contributed by atoms with Crippen LogP contribution in [0.5, 0.6) is 0 Å². The van der Waals surface area contributed by atoms with Crippen LogP contribution in [0.3, 0.4) is 0 Å². The van der Waals surface area contributed by atoms with Gasteiger partial charge in [-0.05, 0) is 37.6 Å². The van der Waals surface area contributed by atoms with Crippen LogP contribution in [-0.2, 0) is 19.9 Å². The molecule has 0 saturated carbocycles. The van der Waals surface area contributed by atoms with Crippen LogP contribution in [0.25, 0.3) is 0 Å². The van der Waals surface area contributed by atoms with Crippen LogP contribution in [0.1, 0.15) is 12.0 Å². The zero-order chi connectivity index (χ0) is 21.9. The molecule has 1 fully saturated rings. The Morgan fingerprint density at radius 2 is 1.67 bits per heavy atom. The maximum absolute atomic E-state index is 13.1. The van der Waals surface area contributed by atoms with E-state index in [1.807, 2.05) is 12.2 Å². The fraction of sp³-hybridized carbons (Fsp3) is 0.263. The largest absolute Gasteiger partial charge is 0.344 e. The van der Waals surface area contributed by atoms with Crippen LogP contribution in [-0.4, -0.2) is 46.4 Å². The average molecular weight is 452 g/mol. The van der Waals surface area contributed by atoms with Crippen molar-refractivity contribution in [3.63, 3.8) is 0 Å². The van der Waals surface area contributed by atoms with Crippen LogP contribution in [0.2, 0.25) is 0 Å². The molecular weight excluding hydrogens is 430 g/mol. The lowest BCUT2D eigenvalue weighted by Crippen LogP contribution is -2.51. The van der Waals surface area contributed by atoms with E-state index in [2.05, 4.69) is 5.32 Å². The van der Waals surface area contributed by atoms with Gasteiger partial charge in [0.25, 0.3) is 10.0 Å². The molecule has 9 nitrogen and oxygen atoms in total. The van der Waals surface area contributed by atoms with E-state index >= 15 is 0 Å². The van der Waals surface area contributed by atoms with E-state index < -0.39 is 38.0 Å². The number of nitrogens with one attached hydrogen (secondary N) is 2. The highest BCUT2D eigenvalue weighted by Crippen LogP contribution is 2.24. The minimum atomic E-state index is -4.31. The number of hydrogen-bond donors (Lipinski definition) is 2. The van der Waals surface area contributed by atoms with E-state index in [0.717, 1.165) is 5.56 Å². The molecule has 2 aromatic carbocycles. The van der Waals surface area contributed by atoms with Gasteiger partial charge >= 0.3 is 12.1 Å². The predicted molar refractivity (Wildman–Crippen MR) is 111 cm³/mol. The zero-order valence-corrected chi connectivity index (χ0v) is 17.7. The number of benzene rings is 2. The number of carbonyl (C=O) groups excluding carboxylic acids is 2. The van der Waals surface area contributed by atoms with Crippen LogP contribution < -0.4 is 14.9 Å². The predicted octanol–water partition coefficient (Wildman–Crippen LogP) is 1.80. The van der Waals surface area contributed by atoms with Gasteiger partial charge in [0.1, 0.15) is 0 Å². The molecule has 160 valence electrons. The van der Waals surface area contributed by atoms with Gasteiger partial charge < -0.3 is 5.32 Å². The molecule has 2 N–H and O–H groups in total. The van der Waals surface area contributed by atoms with Gasteiger partial charge in [-0.3, -0.25) is 5.32 Å². The average Bonchev–Trinajstić information content (AvgIpc) is 3.02. The van der Waals surface area contributed by atoms with Crippen molar-refractivity contribution in [2.45, 2.75) is 24.3 Å². The fourth-order valence-corrected chi connectivity index (χ4v) is 6.07. The molecule has 1 saturated heterocycles. The van der Waals surface area contributed by atoms with E-state index in [1.54, 1.807) is 18.2 Å². The maximum atomic E-state index is 13.1. The second kappa shape index (κ2) is 8.44. The minimum absolute atomic E-state index is 0.0518. The Labute approximate surface area is 175 Å². The lowest BCUT2D eigenvalue weighted by atomic mass is 10.2. The summed E-state index contributed by atoms with van der Waals surface area (Å²) < 4.78 is 49.8. The van der Waals surface area contributed by atoms with Gasteiger partial charge in [-0.2, -0.15) is 4.31 Å². The van der Waals surface area contributed by atoms with Gasteiger partial charge in [0.15, 0.2) is 9.84 Å². The second-order valence-electron chi connectivity index (χ2n) is 6.92. The topological polar surface area (TPSA) is 130 Å². The van der Waals surface area contributed by atoms with Crippen molar-refractivity contribution in [3.8, 4) is 0 Å². The van der Waals surface area contributed by atoms with Crippen LogP contribution in [0, 0.1) is 6.92 Å². The molecular formula is C19H21N3O6S2. The Hall–Kier alpha value is -2.92. The number of aryl methyl sites for hydroxylation is 1. The molecule has 0 bridgehead atoms. The van der Waals surface area contributed by atoms with Gasteiger partial charge in [-0.25, -0.2) is 26.4 Å². The molecule has 0 aliphatic carbocycles. The summed E-state index contributed by atoms with van der Waals surface area (Å²) in [5, 5.41) is 4.39. The molecule has 1 heterocycles. The van der Waals surface area contributed by atoms with Gasteiger partial charge in [0.05, 0.1) is 22.1 Å². The first-order chi connectivity index (χ1) is 14.1. The number of sulfone groups is 1. The van der Waals surface area contributed by atoms with Crippen LogP contribution in [0.4, 0.5) is 15.3 Å². The number of hydrogen-bond acceptors (Lipinski definition) is 6. The summed E-state index contributed by atoms with van der Waals surface area (Å²) in [6, 6.07) is 10.8. The number of rotatable bonds is 4. The third kappa shape index (κ3) is 4.97. The Bertz CT molecular complexity index is 1150.